The molecule has 4 rings (SSSR count). The third-order valence-electron chi connectivity index (χ3n) is 6.52. The second-order valence-corrected chi connectivity index (χ2v) is 9.46. The van der Waals surface area contributed by atoms with Crippen molar-refractivity contribution in [3.63, 3.8) is 0 Å². The lowest BCUT2D eigenvalue weighted by Crippen LogP contribution is -2.57. The van der Waals surface area contributed by atoms with Gasteiger partial charge in [-0.05, 0) is 49.7 Å². The highest BCUT2D eigenvalue weighted by Gasteiger charge is 2.43. The third-order valence-corrected chi connectivity index (χ3v) is 7.45. The number of piperidine rings is 2. The van der Waals surface area contributed by atoms with Crippen LogP contribution >= 0.6 is 11.8 Å². The topological polar surface area (TPSA) is 65.9 Å². The molecule has 28 heavy (non-hydrogen) atoms. The summed E-state index contributed by atoms with van der Waals surface area (Å²) in [6, 6.07) is 6.31. The van der Waals surface area contributed by atoms with Crippen molar-refractivity contribution in [2.24, 2.45) is 5.41 Å². The first-order valence-electron chi connectivity index (χ1n) is 10.5. The molecule has 0 radical (unpaired) electrons. The van der Waals surface area contributed by atoms with Gasteiger partial charge in [-0.1, -0.05) is 17.8 Å². The Morgan fingerprint density at radius 3 is 2.79 bits per heavy atom. The molecule has 3 saturated heterocycles. The van der Waals surface area contributed by atoms with E-state index in [1.165, 1.54) is 11.8 Å². The van der Waals surface area contributed by atoms with Crippen LogP contribution in [0.5, 0.6) is 0 Å². The van der Waals surface area contributed by atoms with E-state index in [-0.39, 0.29) is 17.4 Å². The van der Waals surface area contributed by atoms with Gasteiger partial charge in [-0.15, -0.1) is 0 Å². The zero-order chi connectivity index (χ0) is 19.4. The normalized spacial score (nSPS) is 26.5. The molecule has 0 aliphatic carbocycles. The Morgan fingerprint density at radius 1 is 1.29 bits per heavy atom. The number of hydrogen-bond donors (Lipinski definition) is 1. The highest BCUT2D eigenvalue weighted by atomic mass is 32.2. The molecule has 0 bridgehead atoms. The number of carbonyl (C=O) groups excluding carboxylic acids is 1. The third kappa shape index (κ3) is 4.87. The summed E-state index contributed by atoms with van der Waals surface area (Å²) in [6.07, 6.45) is 6.50. The van der Waals surface area contributed by atoms with Gasteiger partial charge in [-0.3, -0.25) is 9.69 Å². The number of pyridine rings is 1. The SMILES string of the molecule is O=C(CSc1ccccn1)N1CCC2(CC1)CC(O)CN(C1CCOCC1)C2. The lowest BCUT2D eigenvalue weighted by molar-refractivity contribution is -0.133. The van der Waals surface area contributed by atoms with Gasteiger partial charge >= 0.3 is 0 Å². The fourth-order valence-corrected chi connectivity index (χ4v) is 5.74. The molecule has 1 atom stereocenters. The van der Waals surface area contributed by atoms with E-state index in [9.17, 15) is 9.90 Å². The Hall–Kier alpha value is -1.15. The zero-order valence-electron chi connectivity index (χ0n) is 16.5. The van der Waals surface area contributed by atoms with Gasteiger partial charge in [0.1, 0.15) is 0 Å². The minimum Gasteiger partial charge on any atom is -0.392 e. The first kappa shape index (κ1) is 20.1. The predicted octanol–water partition coefficient (Wildman–Crippen LogP) is 2.03. The fraction of sp³-hybridized carbons (Fsp3) is 0.714. The van der Waals surface area contributed by atoms with Gasteiger partial charge in [-0.25, -0.2) is 4.98 Å². The van der Waals surface area contributed by atoms with Gasteiger partial charge in [0.2, 0.25) is 5.91 Å². The lowest BCUT2D eigenvalue weighted by Gasteiger charge is -2.51. The molecule has 3 aliphatic rings. The molecule has 1 unspecified atom stereocenters. The van der Waals surface area contributed by atoms with E-state index in [0.717, 1.165) is 76.5 Å². The van der Waals surface area contributed by atoms with Gasteiger partial charge in [-0.2, -0.15) is 0 Å². The monoisotopic (exact) mass is 405 g/mol. The molecule has 1 N–H and O–H groups in total. The number of rotatable bonds is 4. The number of aliphatic hydroxyl groups excluding tert-OH is 1. The van der Waals surface area contributed by atoms with E-state index < -0.39 is 0 Å². The van der Waals surface area contributed by atoms with Gasteiger partial charge < -0.3 is 14.7 Å². The van der Waals surface area contributed by atoms with Crippen molar-refractivity contribution >= 4 is 17.7 Å². The number of β-amino-alcohol motifs (C(OH)–C–C–N with tert-alkyl or cyclic N) is 1. The van der Waals surface area contributed by atoms with Crippen LogP contribution in [0, 0.1) is 5.41 Å². The molecule has 0 aromatic carbocycles. The first-order chi connectivity index (χ1) is 13.6. The Bertz CT molecular complexity index is 646. The lowest BCUT2D eigenvalue weighted by atomic mass is 9.71. The second-order valence-electron chi connectivity index (χ2n) is 8.47. The van der Waals surface area contributed by atoms with Crippen molar-refractivity contribution < 1.29 is 14.6 Å². The van der Waals surface area contributed by atoms with E-state index in [1.54, 1.807) is 6.20 Å². The van der Waals surface area contributed by atoms with Crippen LogP contribution in [0.15, 0.2) is 29.4 Å². The van der Waals surface area contributed by atoms with Crippen molar-refractivity contribution in [2.45, 2.75) is 49.3 Å². The van der Waals surface area contributed by atoms with Crippen LogP contribution in [0.3, 0.4) is 0 Å². The fourth-order valence-electron chi connectivity index (χ4n) is 4.98. The smallest absolute Gasteiger partial charge is 0.232 e. The molecule has 1 amide bonds. The summed E-state index contributed by atoms with van der Waals surface area (Å²) < 4.78 is 5.51. The molecule has 3 aliphatic heterocycles. The molecule has 1 spiro atoms. The van der Waals surface area contributed by atoms with Crippen molar-refractivity contribution in [2.75, 3.05) is 45.1 Å². The summed E-state index contributed by atoms with van der Waals surface area (Å²) in [7, 11) is 0. The molecule has 7 heteroatoms. The molecule has 6 nitrogen and oxygen atoms in total. The van der Waals surface area contributed by atoms with E-state index in [1.807, 2.05) is 23.1 Å². The Morgan fingerprint density at radius 2 is 2.07 bits per heavy atom. The zero-order valence-corrected chi connectivity index (χ0v) is 17.3. The minimum absolute atomic E-state index is 0.154. The number of nitrogens with zero attached hydrogens (tertiary/aromatic N) is 3. The number of likely N-dealkylation sites (tertiary alicyclic amines) is 2. The van der Waals surface area contributed by atoms with Crippen molar-refractivity contribution in [1.29, 1.82) is 0 Å². The van der Waals surface area contributed by atoms with Crippen LogP contribution in [-0.4, -0.2) is 83.1 Å². The van der Waals surface area contributed by atoms with Crippen LogP contribution in [0.4, 0.5) is 0 Å². The summed E-state index contributed by atoms with van der Waals surface area (Å²) >= 11 is 1.51. The number of hydrogen-bond acceptors (Lipinski definition) is 6. The average molecular weight is 406 g/mol. The Balaban J connectivity index is 1.30. The number of aliphatic hydroxyl groups is 1. The summed E-state index contributed by atoms with van der Waals surface area (Å²) in [4.78, 5) is 21.4. The van der Waals surface area contributed by atoms with Crippen LogP contribution < -0.4 is 0 Å². The van der Waals surface area contributed by atoms with Crippen LogP contribution in [0.2, 0.25) is 0 Å². The average Bonchev–Trinajstić information content (AvgIpc) is 2.73. The number of ether oxygens (including phenoxy) is 1. The number of aromatic nitrogens is 1. The first-order valence-corrected chi connectivity index (χ1v) is 11.4. The molecule has 3 fully saturated rings. The molecule has 4 heterocycles. The van der Waals surface area contributed by atoms with Crippen LogP contribution in [0.25, 0.3) is 0 Å². The van der Waals surface area contributed by atoms with Gasteiger partial charge in [0.25, 0.3) is 0 Å². The minimum atomic E-state index is -0.251. The van der Waals surface area contributed by atoms with E-state index in [2.05, 4.69) is 9.88 Å². The summed E-state index contributed by atoms with van der Waals surface area (Å²) in [5, 5.41) is 11.4. The van der Waals surface area contributed by atoms with Crippen molar-refractivity contribution in [3.05, 3.63) is 24.4 Å². The maximum Gasteiger partial charge on any atom is 0.232 e. The Kier molecular flexibility index (Phi) is 6.55. The molecule has 0 saturated carbocycles. The highest BCUT2D eigenvalue weighted by Crippen LogP contribution is 2.41. The second kappa shape index (κ2) is 9.11. The maximum absolute atomic E-state index is 12.6. The van der Waals surface area contributed by atoms with Gasteiger partial charge in [0.05, 0.1) is 16.9 Å². The summed E-state index contributed by atoms with van der Waals surface area (Å²) in [5.74, 6) is 0.643. The largest absolute Gasteiger partial charge is 0.392 e. The maximum atomic E-state index is 12.6. The summed E-state index contributed by atoms with van der Waals surface area (Å²) in [5.41, 5.74) is 0.154. The summed E-state index contributed by atoms with van der Waals surface area (Å²) in [6.45, 7) is 5.11. The van der Waals surface area contributed by atoms with Gasteiger partial charge in [0.15, 0.2) is 0 Å². The molecule has 1 aromatic heterocycles. The Labute approximate surface area is 171 Å². The van der Waals surface area contributed by atoms with Crippen LogP contribution in [0.1, 0.15) is 32.1 Å². The molecular formula is C21H31N3O3S. The number of carbonyl (C=O) groups is 1. The highest BCUT2D eigenvalue weighted by molar-refractivity contribution is 7.99. The van der Waals surface area contributed by atoms with E-state index >= 15 is 0 Å². The van der Waals surface area contributed by atoms with Crippen molar-refractivity contribution in [1.82, 2.24) is 14.8 Å². The standard InChI is InChI=1S/C21H31N3O3S/c25-18-13-21(16-24(14-18)17-4-11-27-12-5-17)6-9-23(10-7-21)20(26)15-28-19-3-1-2-8-22-19/h1-3,8,17-18,25H,4-7,9-16H2. The molecular weight excluding hydrogens is 374 g/mol. The van der Waals surface area contributed by atoms with E-state index in [4.69, 9.17) is 4.74 Å². The quantitative estimate of drug-likeness (QED) is 0.774. The number of amides is 1. The number of thioether (sulfide) groups is 1. The van der Waals surface area contributed by atoms with Crippen LogP contribution in [-0.2, 0) is 9.53 Å². The molecule has 1 aromatic rings. The van der Waals surface area contributed by atoms with Gasteiger partial charge in [0, 0.05) is 51.6 Å². The van der Waals surface area contributed by atoms with Crippen molar-refractivity contribution in [3.8, 4) is 0 Å². The van der Waals surface area contributed by atoms with E-state index in [0.29, 0.717) is 11.8 Å². The predicted molar refractivity (Wildman–Crippen MR) is 109 cm³/mol. The molecule has 154 valence electrons.